The van der Waals surface area contributed by atoms with E-state index in [2.05, 4.69) is 5.10 Å². The first-order chi connectivity index (χ1) is 9.99. The van der Waals surface area contributed by atoms with E-state index in [4.69, 9.17) is 5.11 Å². The minimum Gasteiger partial charge on any atom is -0.478 e. The molecule has 0 spiro atoms. The average molecular weight is 284 g/mol. The lowest BCUT2D eigenvalue weighted by molar-refractivity contribution is -0.131. The molecule has 0 fully saturated rings. The standard InChI is InChI=1S/C16H16N2O3/c1-11(2)16-13(8-6-12(19)7-9-15(20)21)14-5-3-4-10-18(14)17-16/h3-11H,1-2H3,(H,20,21). The van der Waals surface area contributed by atoms with Gasteiger partial charge >= 0.3 is 5.97 Å². The highest BCUT2D eigenvalue weighted by atomic mass is 16.4. The summed E-state index contributed by atoms with van der Waals surface area (Å²) < 4.78 is 1.77. The maximum atomic E-state index is 11.6. The second kappa shape index (κ2) is 6.17. The molecule has 0 atom stereocenters. The Morgan fingerprint density at radius 3 is 2.67 bits per heavy atom. The van der Waals surface area contributed by atoms with E-state index in [1.165, 1.54) is 6.08 Å². The Balaban J connectivity index is 2.39. The Labute approximate surface area is 122 Å². The number of carboxylic acids is 1. The number of nitrogens with zero attached hydrogens (tertiary/aromatic N) is 2. The molecule has 2 rings (SSSR count). The number of carboxylic acid groups (broad SMARTS) is 1. The summed E-state index contributed by atoms with van der Waals surface area (Å²) in [6, 6.07) is 5.72. The fraction of sp³-hybridized carbons (Fsp3) is 0.188. The summed E-state index contributed by atoms with van der Waals surface area (Å²) in [6.45, 7) is 4.07. The van der Waals surface area contributed by atoms with Crippen molar-refractivity contribution in [2.24, 2.45) is 0 Å². The van der Waals surface area contributed by atoms with Crippen molar-refractivity contribution in [2.75, 3.05) is 0 Å². The smallest absolute Gasteiger partial charge is 0.328 e. The third-order valence-electron chi connectivity index (χ3n) is 2.96. The predicted molar refractivity (Wildman–Crippen MR) is 80.1 cm³/mol. The Morgan fingerprint density at radius 1 is 1.24 bits per heavy atom. The van der Waals surface area contributed by atoms with Gasteiger partial charge in [0.15, 0.2) is 5.78 Å². The minimum atomic E-state index is -1.14. The Morgan fingerprint density at radius 2 is 2.00 bits per heavy atom. The van der Waals surface area contributed by atoms with Gasteiger partial charge in [0.1, 0.15) is 0 Å². The van der Waals surface area contributed by atoms with E-state index in [0.717, 1.165) is 28.9 Å². The zero-order valence-electron chi connectivity index (χ0n) is 11.9. The molecule has 0 saturated carbocycles. The molecule has 2 heterocycles. The Bertz CT molecular complexity index is 739. The van der Waals surface area contributed by atoms with Crippen LogP contribution < -0.4 is 0 Å². The zero-order chi connectivity index (χ0) is 15.4. The summed E-state index contributed by atoms with van der Waals surface area (Å²) in [5.41, 5.74) is 2.68. The van der Waals surface area contributed by atoms with Crippen molar-refractivity contribution in [1.82, 2.24) is 9.61 Å². The minimum absolute atomic E-state index is 0.217. The average Bonchev–Trinajstić information content (AvgIpc) is 2.82. The molecule has 21 heavy (non-hydrogen) atoms. The van der Waals surface area contributed by atoms with Gasteiger partial charge < -0.3 is 5.11 Å². The van der Waals surface area contributed by atoms with Crippen LogP contribution in [0.3, 0.4) is 0 Å². The van der Waals surface area contributed by atoms with Crippen LogP contribution in [-0.2, 0) is 9.59 Å². The van der Waals surface area contributed by atoms with Crippen molar-refractivity contribution in [3.05, 3.63) is 53.9 Å². The fourth-order valence-corrected chi connectivity index (χ4v) is 2.01. The summed E-state index contributed by atoms with van der Waals surface area (Å²) in [5.74, 6) is -1.30. The third kappa shape index (κ3) is 3.45. The molecule has 2 aromatic rings. The van der Waals surface area contributed by atoms with E-state index in [0.29, 0.717) is 0 Å². The fourth-order valence-electron chi connectivity index (χ4n) is 2.01. The molecular formula is C16H16N2O3. The summed E-state index contributed by atoms with van der Waals surface area (Å²) in [5, 5.41) is 13.0. The monoisotopic (exact) mass is 284 g/mol. The van der Waals surface area contributed by atoms with Crippen LogP contribution in [-0.4, -0.2) is 26.5 Å². The molecule has 0 aliphatic rings. The maximum Gasteiger partial charge on any atom is 0.328 e. The SMILES string of the molecule is CC(C)c1nn2ccccc2c1C=CC(=O)C=CC(=O)O. The molecule has 1 N–H and O–H groups in total. The first kappa shape index (κ1) is 14.7. The van der Waals surface area contributed by atoms with Gasteiger partial charge in [-0.3, -0.25) is 4.79 Å². The van der Waals surface area contributed by atoms with Crippen molar-refractivity contribution < 1.29 is 14.7 Å². The molecule has 0 aliphatic heterocycles. The molecule has 0 aromatic carbocycles. The van der Waals surface area contributed by atoms with Gasteiger partial charge in [0, 0.05) is 17.8 Å². The number of carbonyl (C=O) groups is 2. The van der Waals surface area contributed by atoms with E-state index in [1.54, 1.807) is 10.6 Å². The second-order valence-electron chi connectivity index (χ2n) is 4.89. The number of aliphatic carboxylic acids is 1. The van der Waals surface area contributed by atoms with Crippen molar-refractivity contribution in [3.63, 3.8) is 0 Å². The number of pyridine rings is 1. The highest BCUT2D eigenvalue weighted by molar-refractivity contribution is 6.05. The molecule has 0 bridgehead atoms. The van der Waals surface area contributed by atoms with Crippen LogP contribution in [0.1, 0.15) is 31.0 Å². The highest BCUT2D eigenvalue weighted by Gasteiger charge is 2.12. The van der Waals surface area contributed by atoms with E-state index in [-0.39, 0.29) is 11.7 Å². The molecule has 0 amide bonds. The number of carbonyl (C=O) groups excluding carboxylic acids is 1. The topological polar surface area (TPSA) is 71.7 Å². The maximum absolute atomic E-state index is 11.6. The van der Waals surface area contributed by atoms with Gasteiger partial charge in [0.05, 0.1) is 11.2 Å². The van der Waals surface area contributed by atoms with E-state index in [1.807, 2.05) is 38.2 Å². The number of aromatic nitrogens is 2. The van der Waals surface area contributed by atoms with Crippen LogP contribution in [0.2, 0.25) is 0 Å². The number of allylic oxidation sites excluding steroid dienone is 2. The largest absolute Gasteiger partial charge is 0.478 e. The van der Waals surface area contributed by atoms with E-state index in [9.17, 15) is 9.59 Å². The normalized spacial score (nSPS) is 12.0. The lowest BCUT2D eigenvalue weighted by Crippen LogP contribution is -1.93. The number of ketones is 1. The van der Waals surface area contributed by atoms with Gasteiger partial charge in [-0.1, -0.05) is 19.9 Å². The number of hydrogen-bond acceptors (Lipinski definition) is 3. The van der Waals surface area contributed by atoms with Crippen LogP contribution in [0.5, 0.6) is 0 Å². The molecule has 0 saturated heterocycles. The van der Waals surface area contributed by atoms with Crippen molar-refractivity contribution in [2.45, 2.75) is 19.8 Å². The Hall–Kier alpha value is -2.69. The summed E-state index contributed by atoms with van der Waals surface area (Å²) in [4.78, 5) is 22.0. The van der Waals surface area contributed by atoms with Crippen LogP contribution in [0.4, 0.5) is 0 Å². The predicted octanol–water partition coefficient (Wildman–Crippen LogP) is 2.68. The first-order valence-corrected chi connectivity index (χ1v) is 6.59. The molecule has 5 heteroatoms. The lowest BCUT2D eigenvalue weighted by Gasteiger charge is -2.00. The quantitative estimate of drug-likeness (QED) is 0.857. The summed E-state index contributed by atoms with van der Waals surface area (Å²) in [6.07, 6.45) is 6.75. The number of hydrogen-bond donors (Lipinski definition) is 1. The van der Waals surface area contributed by atoms with Gasteiger partial charge in [-0.05, 0) is 36.3 Å². The van der Waals surface area contributed by atoms with E-state index >= 15 is 0 Å². The van der Waals surface area contributed by atoms with Crippen LogP contribution >= 0.6 is 0 Å². The summed E-state index contributed by atoms with van der Waals surface area (Å²) in [7, 11) is 0. The van der Waals surface area contributed by atoms with Gasteiger partial charge in [-0.2, -0.15) is 5.10 Å². The highest BCUT2D eigenvalue weighted by Crippen LogP contribution is 2.23. The Kier molecular flexibility index (Phi) is 4.33. The molecule has 5 nitrogen and oxygen atoms in total. The van der Waals surface area contributed by atoms with Gasteiger partial charge in [-0.25, -0.2) is 9.31 Å². The molecule has 0 unspecified atom stereocenters. The van der Waals surface area contributed by atoms with Crippen molar-refractivity contribution >= 4 is 23.3 Å². The first-order valence-electron chi connectivity index (χ1n) is 6.59. The molecule has 2 aromatic heterocycles. The van der Waals surface area contributed by atoms with E-state index < -0.39 is 5.97 Å². The van der Waals surface area contributed by atoms with Crippen LogP contribution in [0, 0.1) is 0 Å². The van der Waals surface area contributed by atoms with Gasteiger partial charge in [-0.15, -0.1) is 0 Å². The van der Waals surface area contributed by atoms with Crippen molar-refractivity contribution in [1.29, 1.82) is 0 Å². The summed E-state index contributed by atoms with van der Waals surface area (Å²) >= 11 is 0. The lowest BCUT2D eigenvalue weighted by atomic mass is 10.0. The number of fused-ring (bicyclic) bond motifs is 1. The van der Waals surface area contributed by atoms with Crippen LogP contribution in [0.25, 0.3) is 11.6 Å². The second-order valence-corrected chi connectivity index (χ2v) is 4.89. The molecule has 0 radical (unpaired) electrons. The zero-order valence-corrected chi connectivity index (χ0v) is 11.9. The number of rotatable bonds is 5. The van der Waals surface area contributed by atoms with Gasteiger partial charge in [0.2, 0.25) is 0 Å². The molecule has 0 aliphatic carbocycles. The van der Waals surface area contributed by atoms with Gasteiger partial charge in [0.25, 0.3) is 0 Å². The van der Waals surface area contributed by atoms with Crippen molar-refractivity contribution in [3.8, 4) is 0 Å². The molecule has 108 valence electrons. The third-order valence-corrected chi connectivity index (χ3v) is 2.96. The molecular weight excluding hydrogens is 268 g/mol. The van der Waals surface area contributed by atoms with Crippen LogP contribution in [0.15, 0.2) is 42.6 Å².